The van der Waals surface area contributed by atoms with Crippen molar-refractivity contribution in [3.63, 3.8) is 0 Å². The molecule has 0 aliphatic heterocycles. The molecule has 0 atom stereocenters. The van der Waals surface area contributed by atoms with Crippen LogP contribution in [0, 0.1) is 0 Å². The molecule has 0 unspecified atom stereocenters. The van der Waals surface area contributed by atoms with Crippen molar-refractivity contribution in [2.45, 2.75) is 32.2 Å². The molecule has 26 heavy (non-hydrogen) atoms. The van der Waals surface area contributed by atoms with Gasteiger partial charge in [0.2, 0.25) is 5.91 Å². The molecule has 1 aromatic heterocycles. The van der Waals surface area contributed by atoms with Gasteiger partial charge in [0.15, 0.2) is 0 Å². The third-order valence-corrected chi connectivity index (χ3v) is 4.24. The number of carbonyl (C=O) groups excluding carboxylic acids is 1. The van der Waals surface area contributed by atoms with Crippen molar-refractivity contribution in [3.05, 3.63) is 60.8 Å². The van der Waals surface area contributed by atoms with Crippen molar-refractivity contribution >= 4 is 5.91 Å². The average molecular weight is 350 g/mol. The zero-order valence-corrected chi connectivity index (χ0v) is 14.5. The smallest absolute Gasteiger partial charge is 0.243 e. The van der Waals surface area contributed by atoms with Crippen molar-refractivity contribution in [1.82, 2.24) is 20.5 Å². The van der Waals surface area contributed by atoms with E-state index in [0.717, 1.165) is 48.2 Å². The predicted octanol–water partition coefficient (Wildman–Crippen LogP) is 3.68. The summed E-state index contributed by atoms with van der Waals surface area (Å²) in [5.74, 6) is -0.342. The standard InChI is InChI=1S/C20H22N4O2/c25-20(22-26)13-5-2-8-14-24-15-19(21-23-24)18-12-7-6-11-17(18)16-9-3-1-4-10-16/h1,3-4,6-7,9-12,15,26H,2,5,8,13-14H2,(H,22,25). The zero-order valence-electron chi connectivity index (χ0n) is 14.5. The Morgan fingerprint density at radius 3 is 2.46 bits per heavy atom. The van der Waals surface area contributed by atoms with Crippen molar-refractivity contribution in [2.75, 3.05) is 0 Å². The highest BCUT2D eigenvalue weighted by atomic mass is 16.5. The lowest BCUT2D eigenvalue weighted by molar-refractivity contribution is -0.129. The first kappa shape index (κ1) is 17.8. The number of benzene rings is 2. The van der Waals surface area contributed by atoms with Gasteiger partial charge >= 0.3 is 0 Å². The van der Waals surface area contributed by atoms with E-state index >= 15 is 0 Å². The fraction of sp³-hybridized carbons (Fsp3) is 0.250. The number of hydrogen-bond acceptors (Lipinski definition) is 4. The Morgan fingerprint density at radius 2 is 1.69 bits per heavy atom. The summed E-state index contributed by atoms with van der Waals surface area (Å²) < 4.78 is 1.84. The Labute approximate surface area is 152 Å². The monoisotopic (exact) mass is 350 g/mol. The highest BCUT2D eigenvalue weighted by Crippen LogP contribution is 2.30. The van der Waals surface area contributed by atoms with E-state index in [0.29, 0.717) is 6.42 Å². The summed E-state index contributed by atoms with van der Waals surface area (Å²) >= 11 is 0. The first-order valence-electron chi connectivity index (χ1n) is 8.76. The van der Waals surface area contributed by atoms with Gasteiger partial charge in [0.05, 0.1) is 6.20 Å². The van der Waals surface area contributed by atoms with E-state index in [1.807, 2.05) is 41.2 Å². The second-order valence-corrected chi connectivity index (χ2v) is 6.12. The van der Waals surface area contributed by atoms with Crippen LogP contribution in [0.4, 0.5) is 0 Å². The van der Waals surface area contributed by atoms with Gasteiger partial charge in [-0.3, -0.25) is 14.7 Å². The van der Waals surface area contributed by atoms with E-state index in [1.165, 1.54) is 0 Å². The number of aromatic nitrogens is 3. The van der Waals surface area contributed by atoms with Crippen LogP contribution >= 0.6 is 0 Å². The predicted molar refractivity (Wildman–Crippen MR) is 99.3 cm³/mol. The summed E-state index contributed by atoms with van der Waals surface area (Å²) in [7, 11) is 0. The molecule has 0 spiro atoms. The molecule has 2 N–H and O–H groups in total. The molecule has 1 heterocycles. The zero-order chi connectivity index (χ0) is 18.2. The van der Waals surface area contributed by atoms with Crippen molar-refractivity contribution in [2.24, 2.45) is 0 Å². The molecule has 0 bridgehead atoms. The lowest BCUT2D eigenvalue weighted by Crippen LogP contribution is -2.17. The van der Waals surface area contributed by atoms with Crippen LogP contribution in [0.3, 0.4) is 0 Å². The molecule has 0 aliphatic carbocycles. The molecule has 0 fully saturated rings. The minimum Gasteiger partial charge on any atom is -0.289 e. The molecule has 0 aliphatic rings. The van der Waals surface area contributed by atoms with Crippen LogP contribution in [-0.2, 0) is 11.3 Å². The van der Waals surface area contributed by atoms with E-state index in [1.54, 1.807) is 5.48 Å². The largest absolute Gasteiger partial charge is 0.289 e. The maximum atomic E-state index is 11.0. The van der Waals surface area contributed by atoms with Crippen LogP contribution < -0.4 is 5.48 Å². The summed E-state index contributed by atoms with van der Waals surface area (Å²) in [5.41, 5.74) is 5.85. The quantitative estimate of drug-likeness (QED) is 0.369. The van der Waals surface area contributed by atoms with Gasteiger partial charge in [-0.1, -0.05) is 66.2 Å². The maximum Gasteiger partial charge on any atom is 0.243 e. The summed E-state index contributed by atoms with van der Waals surface area (Å²) in [5, 5.41) is 17.0. The normalized spacial score (nSPS) is 10.7. The summed E-state index contributed by atoms with van der Waals surface area (Å²) in [6, 6.07) is 18.4. The Hall–Kier alpha value is -2.99. The molecule has 6 heteroatoms. The maximum absolute atomic E-state index is 11.0. The van der Waals surface area contributed by atoms with E-state index in [9.17, 15) is 4.79 Å². The number of aryl methyl sites for hydroxylation is 1. The minimum atomic E-state index is -0.342. The van der Waals surface area contributed by atoms with Crippen LogP contribution in [0.5, 0.6) is 0 Å². The molecule has 1 amide bonds. The summed E-state index contributed by atoms with van der Waals surface area (Å²) in [4.78, 5) is 11.0. The topological polar surface area (TPSA) is 80.0 Å². The van der Waals surface area contributed by atoms with Crippen molar-refractivity contribution < 1.29 is 10.0 Å². The van der Waals surface area contributed by atoms with Gasteiger partial charge in [-0.15, -0.1) is 5.10 Å². The van der Waals surface area contributed by atoms with Crippen molar-refractivity contribution in [1.29, 1.82) is 0 Å². The molecular weight excluding hydrogens is 328 g/mol. The minimum absolute atomic E-state index is 0.337. The average Bonchev–Trinajstić information content (AvgIpc) is 3.17. The first-order chi connectivity index (χ1) is 12.8. The van der Waals surface area contributed by atoms with Gasteiger partial charge in [-0.05, 0) is 24.0 Å². The molecule has 0 saturated heterocycles. The van der Waals surface area contributed by atoms with Gasteiger partial charge in [0.25, 0.3) is 0 Å². The number of unbranched alkanes of at least 4 members (excludes halogenated alkanes) is 2. The second kappa shape index (κ2) is 8.92. The highest BCUT2D eigenvalue weighted by Gasteiger charge is 2.10. The number of nitrogens with zero attached hydrogens (tertiary/aromatic N) is 3. The molecule has 2 aromatic carbocycles. The second-order valence-electron chi connectivity index (χ2n) is 6.12. The molecule has 3 aromatic rings. The molecular formula is C20H22N4O2. The number of rotatable bonds is 8. The first-order valence-corrected chi connectivity index (χ1v) is 8.76. The van der Waals surface area contributed by atoms with Crippen LogP contribution in [0.1, 0.15) is 25.7 Å². The number of amides is 1. The Balaban J connectivity index is 1.64. The highest BCUT2D eigenvalue weighted by molar-refractivity contribution is 5.81. The summed E-state index contributed by atoms with van der Waals surface area (Å²) in [6.07, 6.45) is 4.83. The van der Waals surface area contributed by atoms with E-state index in [-0.39, 0.29) is 5.91 Å². The van der Waals surface area contributed by atoms with E-state index in [2.05, 4.69) is 34.6 Å². The SMILES string of the molecule is O=C(CCCCCn1cc(-c2ccccc2-c2ccccc2)nn1)NO. The van der Waals surface area contributed by atoms with Crippen molar-refractivity contribution in [3.8, 4) is 22.4 Å². The van der Waals surface area contributed by atoms with Crippen LogP contribution in [-0.4, -0.2) is 26.1 Å². The number of nitrogens with one attached hydrogen (secondary N) is 1. The molecule has 134 valence electrons. The lowest BCUT2D eigenvalue weighted by atomic mass is 9.98. The Bertz CT molecular complexity index is 846. The molecule has 6 nitrogen and oxygen atoms in total. The number of hydrogen-bond donors (Lipinski definition) is 2. The fourth-order valence-corrected chi connectivity index (χ4v) is 2.90. The molecule has 3 rings (SSSR count). The Kier molecular flexibility index (Phi) is 6.11. The van der Waals surface area contributed by atoms with E-state index < -0.39 is 0 Å². The number of hydroxylamine groups is 1. The van der Waals surface area contributed by atoms with Crippen LogP contribution in [0.15, 0.2) is 60.8 Å². The third kappa shape index (κ3) is 4.55. The van der Waals surface area contributed by atoms with Gasteiger partial charge in [-0.25, -0.2) is 5.48 Å². The lowest BCUT2D eigenvalue weighted by Gasteiger charge is -2.07. The van der Waals surface area contributed by atoms with Gasteiger partial charge in [-0.2, -0.15) is 0 Å². The van der Waals surface area contributed by atoms with E-state index in [4.69, 9.17) is 5.21 Å². The number of carbonyl (C=O) groups is 1. The third-order valence-electron chi connectivity index (χ3n) is 4.24. The fourth-order valence-electron chi connectivity index (χ4n) is 2.90. The Morgan fingerprint density at radius 1 is 0.962 bits per heavy atom. The van der Waals surface area contributed by atoms with Crippen LogP contribution in [0.25, 0.3) is 22.4 Å². The molecule has 0 radical (unpaired) electrons. The summed E-state index contributed by atoms with van der Waals surface area (Å²) in [6.45, 7) is 0.751. The van der Waals surface area contributed by atoms with Gasteiger partial charge in [0, 0.05) is 18.5 Å². The molecule has 0 saturated carbocycles. The van der Waals surface area contributed by atoms with Gasteiger partial charge in [0.1, 0.15) is 5.69 Å². The van der Waals surface area contributed by atoms with Crippen LogP contribution in [0.2, 0.25) is 0 Å². The van der Waals surface area contributed by atoms with Gasteiger partial charge < -0.3 is 0 Å².